The molecular formula is C28H59N. The molecular weight excluding hydrogens is 350 g/mol. The molecule has 0 unspecified atom stereocenters. The lowest BCUT2D eigenvalue weighted by atomic mass is 9.93. The van der Waals surface area contributed by atoms with E-state index in [1.54, 1.807) is 0 Å². The van der Waals surface area contributed by atoms with Crippen molar-refractivity contribution in [3.8, 4) is 0 Å². The Balaban J connectivity index is 4.13. The normalized spacial score (nSPS) is 12.2. The highest BCUT2D eigenvalue weighted by atomic mass is 15.2. The van der Waals surface area contributed by atoms with E-state index in [0.717, 1.165) is 0 Å². The van der Waals surface area contributed by atoms with Crippen molar-refractivity contribution in [1.82, 2.24) is 4.90 Å². The molecule has 0 heterocycles. The molecule has 0 saturated heterocycles. The summed E-state index contributed by atoms with van der Waals surface area (Å²) >= 11 is 0. The summed E-state index contributed by atoms with van der Waals surface area (Å²) in [6, 6.07) is 0. The molecule has 0 radical (unpaired) electrons. The Morgan fingerprint density at radius 1 is 0.414 bits per heavy atom. The minimum atomic E-state index is 0.386. The second kappa shape index (κ2) is 21.2. The standard InChI is InChI=1S/C28H59N/c1-6-9-12-15-16-17-18-19-22-25-28(4,5)29(26-23-20-13-10-7-2)27-24-21-14-11-8-3/h6-27H2,1-5H3. The lowest BCUT2D eigenvalue weighted by molar-refractivity contribution is 0.102. The van der Waals surface area contributed by atoms with Crippen LogP contribution in [0.4, 0.5) is 0 Å². The molecule has 0 aromatic carbocycles. The van der Waals surface area contributed by atoms with Crippen LogP contribution in [0.3, 0.4) is 0 Å². The molecule has 1 heteroatoms. The average molecular weight is 410 g/mol. The summed E-state index contributed by atoms with van der Waals surface area (Å²) in [5.41, 5.74) is 0.386. The first-order valence-electron chi connectivity index (χ1n) is 13.8. The van der Waals surface area contributed by atoms with E-state index in [9.17, 15) is 0 Å². The lowest BCUT2D eigenvalue weighted by Gasteiger charge is -2.39. The van der Waals surface area contributed by atoms with E-state index in [4.69, 9.17) is 0 Å². The quantitative estimate of drug-likeness (QED) is 0.152. The number of hydrogen-bond acceptors (Lipinski definition) is 1. The molecule has 0 aliphatic rings. The smallest absolute Gasteiger partial charge is 0.0153 e. The molecule has 0 aliphatic heterocycles. The first-order chi connectivity index (χ1) is 14.1. The fourth-order valence-corrected chi connectivity index (χ4v) is 4.56. The highest BCUT2D eigenvalue weighted by molar-refractivity contribution is 4.81. The molecule has 0 amide bonds. The molecule has 29 heavy (non-hydrogen) atoms. The maximum absolute atomic E-state index is 2.86. The zero-order valence-electron chi connectivity index (χ0n) is 21.5. The molecule has 0 aliphatic carbocycles. The number of hydrogen-bond donors (Lipinski definition) is 0. The van der Waals surface area contributed by atoms with E-state index >= 15 is 0 Å². The van der Waals surface area contributed by atoms with Crippen molar-refractivity contribution in [2.24, 2.45) is 0 Å². The zero-order chi connectivity index (χ0) is 21.6. The third kappa shape index (κ3) is 18.4. The van der Waals surface area contributed by atoms with Gasteiger partial charge in [-0.3, -0.25) is 4.90 Å². The van der Waals surface area contributed by atoms with Crippen molar-refractivity contribution in [3.63, 3.8) is 0 Å². The van der Waals surface area contributed by atoms with Gasteiger partial charge in [0.05, 0.1) is 0 Å². The highest BCUT2D eigenvalue weighted by Crippen LogP contribution is 2.24. The van der Waals surface area contributed by atoms with Gasteiger partial charge >= 0.3 is 0 Å². The molecule has 0 rings (SSSR count). The van der Waals surface area contributed by atoms with Crippen LogP contribution in [0.5, 0.6) is 0 Å². The largest absolute Gasteiger partial charge is 0.298 e. The Hall–Kier alpha value is -0.0400. The molecule has 176 valence electrons. The monoisotopic (exact) mass is 409 g/mol. The third-order valence-electron chi connectivity index (χ3n) is 6.81. The van der Waals surface area contributed by atoms with Gasteiger partial charge in [-0.2, -0.15) is 0 Å². The Labute approximate surface area is 186 Å². The predicted molar refractivity (Wildman–Crippen MR) is 135 cm³/mol. The van der Waals surface area contributed by atoms with Crippen LogP contribution >= 0.6 is 0 Å². The van der Waals surface area contributed by atoms with Crippen LogP contribution in [0.2, 0.25) is 0 Å². The van der Waals surface area contributed by atoms with Gasteiger partial charge < -0.3 is 0 Å². The van der Waals surface area contributed by atoms with Crippen LogP contribution in [-0.4, -0.2) is 23.5 Å². The molecule has 0 aromatic rings. The Morgan fingerprint density at radius 3 is 1.10 bits per heavy atom. The minimum Gasteiger partial charge on any atom is -0.298 e. The molecule has 0 bridgehead atoms. The molecule has 0 fully saturated rings. The van der Waals surface area contributed by atoms with Crippen LogP contribution in [-0.2, 0) is 0 Å². The van der Waals surface area contributed by atoms with Gasteiger partial charge in [-0.05, 0) is 46.2 Å². The Bertz CT molecular complexity index is 295. The van der Waals surface area contributed by atoms with Gasteiger partial charge in [0.25, 0.3) is 0 Å². The van der Waals surface area contributed by atoms with E-state index in [1.165, 1.54) is 142 Å². The van der Waals surface area contributed by atoms with Crippen molar-refractivity contribution in [1.29, 1.82) is 0 Å². The van der Waals surface area contributed by atoms with E-state index < -0.39 is 0 Å². The summed E-state index contributed by atoms with van der Waals surface area (Å²) in [4.78, 5) is 2.86. The maximum Gasteiger partial charge on any atom is 0.0153 e. The van der Waals surface area contributed by atoms with E-state index in [-0.39, 0.29) is 0 Å². The Kier molecular flexibility index (Phi) is 21.2. The van der Waals surface area contributed by atoms with Crippen LogP contribution in [0.25, 0.3) is 0 Å². The summed E-state index contributed by atoms with van der Waals surface area (Å²) in [5, 5.41) is 0. The second-order valence-corrected chi connectivity index (χ2v) is 10.2. The SMILES string of the molecule is CCCCCCCCCCCC(C)(C)N(CCCCCCC)CCCCCCC. The van der Waals surface area contributed by atoms with E-state index in [2.05, 4.69) is 39.5 Å². The zero-order valence-corrected chi connectivity index (χ0v) is 21.5. The topological polar surface area (TPSA) is 3.24 Å². The molecule has 0 atom stereocenters. The van der Waals surface area contributed by atoms with E-state index in [1.807, 2.05) is 0 Å². The first kappa shape index (κ1) is 29.0. The average Bonchev–Trinajstić information content (AvgIpc) is 2.70. The first-order valence-corrected chi connectivity index (χ1v) is 13.8. The molecule has 1 nitrogen and oxygen atoms in total. The summed E-state index contributed by atoms with van der Waals surface area (Å²) in [6.07, 6.45) is 28.4. The van der Waals surface area contributed by atoms with Crippen LogP contribution < -0.4 is 0 Å². The van der Waals surface area contributed by atoms with Gasteiger partial charge in [0.2, 0.25) is 0 Å². The molecule has 0 saturated carbocycles. The molecule has 0 N–H and O–H groups in total. The van der Waals surface area contributed by atoms with Gasteiger partial charge in [-0.25, -0.2) is 0 Å². The van der Waals surface area contributed by atoms with Crippen molar-refractivity contribution in [2.45, 2.75) is 169 Å². The van der Waals surface area contributed by atoms with Crippen LogP contribution in [0.15, 0.2) is 0 Å². The molecule has 0 spiro atoms. The summed E-state index contributed by atoms with van der Waals surface area (Å²) in [5.74, 6) is 0. The van der Waals surface area contributed by atoms with Gasteiger partial charge in [-0.1, -0.05) is 130 Å². The van der Waals surface area contributed by atoms with Crippen molar-refractivity contribution < 1.29 is 0 Å². The van der Waals surface area contributed by atoms with E-state index in [0.29, 0.717) is 5.54 Å². The third-order valence-corrected chi connectivity index (χ3v) is 6.81. The van der Waals surface area contributed by atoms with Gasteiger partial charge in [0.1, 0.15) is 0 Å². The minimum absolute atomic E-state index is 0.386. The summed E-state index contributed by atoms with van der Waals surface area (Å²) < 4.78 is 0. The number of rotatable bonds is 23. The summed E-state index contributed by atoms with van der Waals surface area (Å²) in [7, 11) is 0. The van der Waals surface area contributed by atoms with Crippen molar-refractivity contribution >= 4 is 0 Å². The summed E-state index contributed by atoms with van der Waals surface area (Å²) in [6.45, 7) is 14.6. The second-order valence-electron chi connectivity index (χ2n) is 10.2. The lowest BCUT2D eigenvalue weighted by Crippen LogP contribution is -2.45. The fraction of sp³-hybridized carbons (Fsp3) is 1.00. The number of nitrogens with zero attached hydrogens (tertiary/aromatic N) is 1. The van der Waals surface area contributed by atoms with Crippen LogP contribution in [0, 0.1) is 0 Å². The van der Waals surface area contributed by atoms with Gasteiger partial charge in [0.15, 0.2) is 0 Å². The van der Waals surface area contributed by atoms with Crippen molar-refractivity contribution in [2.75, 3.05) is 13.1 Å². The van der Waals surface area contributed by atoms with Crippen LogP contribution in [0.1, 0.15) is 163 Å². The van der Waals surface area contributed by atoms with Gasteiger partial charge in [-0.15, -0.1) is 0 Å². The maximum atomic E-state index is 2.86. The predicted octanol–water partition coefficient (Wildman–Crippen LogP) is 9.93. The number of unbranched alkanes of at least 4 members (excludes halogenated alkanes) is 16. The molecule has 0 aromatic heterocycles. The Morgan fingerprint density at radius 2 is 0.724 bits per heavy atom. The highest BCUT2D eigenvalue weighted by Gasteiger charge is 2.25. The van der Waals surface area contributed by atoms with Gasteiger partial charge in [0, 0.05) is 5.54 Å². The van der Waals surface area contributed by atoms with Crippen molar-refractivity contribution in [3.05, 3.63) is 0 Å². The fourth-order valence-electron chi connectivity index (χ4n) is 4.56.